The predicted molar refractivity (Wildman–Crippen MR) is 70.8 cm³/mol. The van der Waals surface area contributed by atoms with Crippen molar-refractivity contribution in [3.05, 3.63) is 16.0 Å². The van der Waals surface area contributed by atoms with Crippen LogP contribution in [0.3, 0.4) is 0 Å². The van der Waals surface area contributed by atoms with E-state index >= 15 is 0 Å². The molecule has 1 N–H and O–H groups in total. The summed E-state index contributed by atoms with van der Waals surface area (Å²) < 4.78 is 2.78. The first-order chi connectivity index (χ1) is 8.31. The zero-order valence-corrected chi connectivity index (χ0v) is 11.3. The molecule has 6 heteroatoms. The van der Waals surface area contributed by atoms with Gasteiger partial charge in [-0.25, -0.2) is 4.98 Å². The Balaban J connectivity index is 2.08. The van der Waals surface area contributed by atoms with E-state index in [1.54, 1.807) is 11.3 Å². The highest BCUT2D eigenvalue weighted by Gasteiger charge is 2.30. The van der Waals surface area contributed by atoms with E-state index in [4.69, 9.17) is 12.2 Å². The molecule has 1 fully saturated rings. The normalized spacial score (nSPS) is 15.4. The Morgan fingerprint density at radius 2 is 2.41 bits per heavy atom. The Labute approximate surface area is 109 Å². The van der Waals surface area contributed by atoms with Gasteiger partial charge in [-0.3, -0.25) is 9.67 Å². The van der Waals surface area contributed by atoms with E-state index in [0.29, 0.717) is 10.7 Å². The Morgan fingerprint density at radius 3 is 3.12 bits per heavy atom. The summed E-state index contributed by atoms with van der Waals surface area (Å²) in [6.07, 6.45) is 3.57. The zero-order valence-electron chi connectivity index (χ0n) is 9.64. The highest BCUT2D eigenvalue weighted by atomic mass is 32.1. The van der Waals surface area contributed by atoms with Gasteiger partial charge in [-0.1, -0.05) is 6.92 Å². The molecule has 2 aromatic rings. The van der Waals surface area contributed by atoms with Crippen LogP contribution in [-0.2, 0) is 6.54 Å². The number of rotatable bonds is 4. The first-order valence-corrected chi connectivity index (χ1v) is 7.19. The molecule has 3 rings (SSSR count). The second-order valence-electron chi connectivity index (χ2n) is 4.35. The van der Waals surface area contributed by atoms with Gasteiger partial charge in [0.2, 0.25) is 0 Å². The molecule has 0 unspecified atom stereocenters. The fraction of sp³-hybridized carbons (Fsp3) is 0.545. The van der Waals surface area contributed by atoms with Crippen molar-refractivity contribution in [1.29, 1.82) is 0 Å². The molecule has 0 bridgehead atoms. The van der Waals surface area contributed by atoms with E-state index in [-0.39, 0.29) is 0 Å². The fourth-order valence-electron chi connectivity index (χ4n) is 1.99. The Kier molecular flexibility index (Phi) is 2.84. The van der Waals surface area contributed by atoms with Crippen LogP contribution in [0.25, 0.3) is 10.7 Å². The van der Waals surface area contributed by atoms with Crippen molar-refractivity contribution >= 4 is 23.6 Å². The quantitative estimate of drug-likeness (QED) is 0.863. The van der Waals surface area contributed by atoms with Gasteiger partial charge in [0.15, 0.2) is 10.6 Å². The maximum atomic E-state index is 5.27. The average Bonchev–Trinajstić information content (AvgIpc) is 2.95. The van der Waals surface area contributed by atoms with E-state index in [1.807, 2.05) is 5.51 Å². The van der Waals surface area contributed by atoms with Crippen LogP contribution < -0.4 is 0 Å². The minimum atomic E-state index is 0.650. The molecule has 0 aromatic carbocycles. The molecule has 1 aliphatic rings. The molecule has 0 spiro atoms. The van der Waals surface area contributed by atoms with Crippen LogP contribution in [0.4, 0.5) is 0 Å². The SMILES string of the molecule is CCCn1c(-c2scnc2C2CC2)n[nH]c1=S. The topological polar surface area (TPSA) is 46.5 Å². The number of aromatic amines is 1. The van der Waals surface area contributed by atoms with E-state index < -0.39 is 0 Å². The number of aromatic nitrogens is 4. The molecule has 0 atom stereocenters. The first-order valence-electron chi connectivity index (χ1n) is 5.90. The summed E-state index contributed by atoms with van der Waals surface area (Å²) >= 11 is 6.93. The third-order valence-electron chi connectivity index (χ3n) is 2.97. The Bertz CT molecular complexity index is 576. The second kappa shape index (κ2) is 4.34. The molecule has 1 saturated carbocycles. The summed E-state index contributed by atoms with van der Waals surface area (Å²) in [5.74, 6) is 1.61. The molecule has 2 heterocycles. The fourth-order valence-corrected chi connectivity index (χ4v) is 3.09. The third-order valence-corrected chi connectivity index (χ3v) is 4.12. The van der Waals surface area contributed by atoms with E-state index in [0.717, 1.165) is 18.8 Å². The lowest BCUT2D eigenvalue weighted by Crippen LogP contribution is -2.00. The van der Waals surface area contributed by atoms with Gasteiger partial charge < -0.3 is 0 Å². The minimum absolute atomic E-state index is 0.650. The lowest BCUT2D eigenvalue weighted by atomic mass is 10.2. The summed E-state index contributed by atoms with van der Waals surface area (Å²) in [6, 6.07) is 0. The summed E-state index contributed by atoms with van der Waals surface area (Å²) in [4.78, 5) is 5.67. The van der Waals surface area contributed by atoms with E-state index in [2.05, 4.69) is 26.7 Å². The van der Waals surface area contributed by atoms with Crippen LogP contribution in [0.2, 0.25) is 0 Å². The van der Waals surface area contributed by atoms with Crippen LogP contribution in [0.1, 0.15) is 37.8 Å². The highest BCUT2D eigenvalue weighted by molar-refractivity contribution is 7.71. The van der Waals surface area contributed by atoms with Crippen LogP contribution >= 0.6 is 23.6 Å². The highest BCUT2D eigenvalue weighted by Crippen LogP contribution is 2.44. The smallest absolute Gasteiger partial charge is 0.195 e. The maximum absolute atomic E-state index is 5.27. The van der Waals surface area contributed by atoms with Crippen LogP contribution in [0.15, 0.2) is 5.51 Å². The number of nitrogens with one attached hydrogen (secondary N) is 1. The minimum Gasteiger partial charge on any atom is -0.299 e. The summed E-state index contributed by atoms with van der Waals surface area (Å²) in [5.41, 5.74) is 3.12. The molecule has 17 heavy (non-hydrogen) atoms. The molecular weight excluding hydrogens is 252 g/mol. The lowest BCUT2D eigenvalue weighted by Gasteiger charge is -2.04. The molecule has 0 aliphatic heterocycles. The summed E-state index contributed by atoms with van der Waals surface area (Å²) in [5, 5.41) is 7.26. The zero-order chi connectivity index (χ0) is 11.8. The summed E-state index contributed by atoms with van der Waals surface area (Å²) in [7, 11) is 0. The molecule has 90 valence electrons. The van der Waals surface area contributed by atoms with Gasteiger partial charge >= 0.3 is 0 Å². The van der Waals surface area contributed by atoms with E-state index in [9.17, 15) is 0 Å². The molecule has 0 radical (unpaired) electrons. The van der Waals surface area contributed by atoms with Crippen LogP contribution in [0, 0.1) is 4.77 Å². The first kappa shape index (κ1) is 11.1. The van der Waals surface area contributed by atoms with Crippen LogP contribution in [0.5, 0.6) is 0 Å². The monoisotopic (exact) mass is 266 g/mol. The van der Waals surface area contributed by atoms with Crippen LogP contribution in [-0.4, -0.2) is 19.7 Å². The second-order valence-corrected chi connectivity index (χ2v) is 5.59. The summed E-state index contributed by atoms with van der Waals surface area (Å²) in [6.45, 7) is 3.06. The molecule has 2 aromatic heterocycles. The van der Waals surface area contributed by atoms with Gasteiger partial charge in [0.05, 0.1) is 16.1 Å². The van der Waals surface area contributed by atoms with Crippen molar-refractivity contribution < 1.29 is 0 Å². The van der Waals surface area contributed by atoms with Gasteiger partial charge in [-0.15, -0.1) is 11.3 Å². The van der Waals surface area contributed by atoms with Crippen molar-refractivity contribution in [3.63, 3.8) is 0 Å². The maximum Gasteiger partial charge on any atom is 0.195 e. The molecule has 4 nitrogen and oxygen atoms in total. The standard InChI is InChI=1S/C11H14N4S2/c1-2-5-15-10(13-14-11(15)16)9-8(7-3-4-7)12-6-17-9/h6-7H,2-5H2,1H3,(H,14,16). The third kappa shape index (κ3) is 1.95. The van der Waals surface area contributed by atoms with Crippen molar-refractivity contribution in [2.75, 3.05) is 0 Å². The van der Waals surface area contributed by atoms with Crippen molar-refractivity contribution in [2.45, 2.75) is 38.6 Å². The largest absolute Gasteiger partial charge is 0.299 e. The number of thiazole rings is 1. The lowest BCUT2D eigenvalue weighted by molar-refractivity contribution is 0.675. The number of hydrogen-bond acceptors (Lipinski definition) is 4. The van der Waals surface area contributed by atoms with Gasteiger partial charge in [-0.2, -0.15) is 5.10 Å². The number of nitrogens with zero attached hydrogens (tertiary/aromatic N) is 3. The van der Waals surface area contributed by atoms with Gasteiger partial charge in [-0.05, 0) is 31.5 Å². The van der Waals surface area contributed by atoms with Crippen molar-refractivity contribution in [1.82, 2.24) is 19.7 Å². The average molecular weight is 266 g/mol. The molecule has 1 aliphatic carbocycles. The number of H-pyrrole nitrogens is 1. The van der Waals surface area contributed by atoms with Crippen molar-refractivity contribution in [3.8, 4) is 10.7 Å². The molecule has 0 saturated heterocycles. The van der Waals surface area contributed by atoms with Crippen molar-refractivity contribution in [2.24, 2.45) is 0 Å². The van der Waals surface area contributed by atoms with E-state index in [1.165, 1.54) is 23.4 Å². The van der Waals surface area contributed by atoms with Gasteiger partial charge in [0.25, 0.3) is 0 Å². The Morgan fingerprint density at radius 1 is 1.59 bits per heavy atom. The predicted octanol–water partition coefficient (Wildman–Crippen LogP) is 3.35. The van der Waals surface area contributed by atoms with Gasteiger partial charge in [0.1, 0.15) is 0 Å². The van der Waals surface area contributed by atoms with Gasteiger partial charge in [0, 0.05) is 12.5 Å². The Hall–Kier alpha value is -1.01. The number of hydrogen-bond donors (Lipinski definition) is 1. The molecular formula is C11H14N4S2. The molecule has 0 amide bonds.